The fraction of sp³-hybridized carbons (Fsp3) is 0.238. The van der Waals surface area contributed by atoms with E-state index in [0.29, 0.717) is 18.2 Å². The molecule has 0 radical (unpaired) electrons. The fourth-order valence-corrected chi connectivity index (χ4v) is 5.05. The van der Waals surface area contributed by atoms with Gasteiger partial charge in [-0.15, -0.1) is 0 Å². The predicted octanol–water partition coefficient (Wildman–Crippen LogP) is 6.33. The first kappa shape index (κ1) is 22.0. The molecule has 1 heterocycles. The summed E-state index contributed by atoms with van der Waals surface area (Å²) in [6, 6.07) is 9.87. The molecule has 2 aromatic rings. The zero-order chi connectivity index (χ0) is 20.3. The van der Waals surface area contributed by atoms with Gasteiger partial charge in [-0.25, -0.2) is 9.79 Å². The first-order valence-corrected chi connectivity index (χ1v) is 12.0. The maximum absolute atomic E-state index is 12.3. The summed E-state index contributed by atoms with van der Waals surface area (Å²) in [5.74, 6) is 0.809. The van der Waals surface area contributed by atoms with Crippen LogP contribution in [-0.2, 0) is 9.53 Å². The standard InChI is InChI=1S/C21H18I3NO3/c1-3-4-7-27-19-16(23)9-13(10-17(19)24)11-18-21(26)28-20(25-18)14-5-6-15(22)12(2)8-14/h5-6,8-11H,3-4,7H2,1-2H3/b18-11-. The minimum atomic E-state index is -0.431. The number of rotatable bonds is 6. The number of carbonyl (C=O) groups is 1. The van der Waals surface area contributed by atoms with Crippen molar-refractivity contribution in [1.29, 1.82) is 0 Å². The van der Waals surface area contributed by atoms with Crippen LogP contribution in [-0.4, -0.2) is 18.5 Å². The third-order valence-corrected chi connectivity index (χ3v) is 6.91. The lowest BCUT2D eigenvalue weighted by atomic mass is 10.1. The molecule has 0 aliphatic carbocycles. The molecule has 2 aromatic carbocycles. The number of carbonyl (C=O) groups excluding carboxylic acids is 1. The van der Waals surface area contributed by atoms with Crippen LogP contribution >= 0.6 is 67.8 Å². The number of cyclic esters (lactones) is 1. The Labute approximate surface area is 205 Å². The van der Waals surface area contributed by atoms with Gasteiger partial charge in [0.2, 0.25) is 5.90 Å². The molecule has 146 valence electrons. The summed E-state index contributed by atoms with van der Waals surface area (Å²) < 4.78 is 14.5. The summed E-state index contributed by atoms with van der Waals surface area (Å²) in [5, 5.41) is 0. The number of hydrogen-bond acceptors (Lipinski definition) is 4. The minimum absolute atomic E-state index is 0.303. The van der Waals surface area contributed by atoms with E-state index in [1.54, 1.807) is 6.08 Å². The average molecular weight is 713 g/mol. The van der Waals surface area contributed by atoms with Gasteiger partial charge in [-0.2, -0.15) is 0 Å². The fourth-order valence-electron chi connectivity index (χ4n) is 2.59. The lowest BCUT2D eigenvalue weighted by Gasteiger charge is -2.11. The van der Waals surface area contributed by atoms with Crippen molar-refractivity contribution in [3.8, 4) is 5.75 Å². The molecule has 1 aliphatic rings. The maximum Gasteiger partial charge on any atom is 0.363 e. The topological polar surface area (TPSA) is 47.9 Å². The van der Waals surface area contributed by atoms with Crippen molar-refractivity contribution in [1.82, 2.24) is 0 Å². The van der Waals surface area contributed by atoms with Crippen molar-refractivity contribution in [3.63, 3.8) is 0 Å². The molecule has 3 rings (SSSR count). The first-order valence-electron chi connectivity index (χ1n) is 8.80. The van der Waals surface area contributed by atoms with Crippen molar-refractivity contribution < 1.29 is 14.3 Å². The second-order valence-electron chi connectivity index (χ2n) is 6.32. The second kappa shape index (κ2) is 9.88. The summed E-state index contributed by atoms with van der Waals surface area (Å²) in [4.78, 5) is 16.7. The van der Waals surface area contributed by atoms with E-state index in [1.807, 2.05) is 37.3 Å². The van der Waals surface area contributed by atoms with Crippen LogP contribution in [0.4, 0.5) is 0 Å². The van der Waals surface area contributed by atoms with Gasteiger partial charge in [-0.1, -0.05) is 13.3 Å². The first-order chi connectivity index (χ1) is 13.4. The molecule has 0 bridgehead atoms. The molecule has 0 saturated carbocycles. The van der Waals surface area contributed by atoms with Crippen molar-refractivity contribution in [2.24, 2.45) is 4.99 Å². The van der Waals surface area contributed by atoms with Crippen LogP contribution in [0.15, 0.2) is 41.0 Å². The van der Waals surface area contributed by atoms with Crippen LogP contribution in [0.25, 0.3) is 6.08 Å². The highest BCUT2D eigenvalue weighted by Crippen LogP contribution is 2.31. The monoisotopic (exact) mass is 713 g/mol. The molecule has 4 nitrogen and oxygen atoms in total. The zero-order valence-electron chi connectivity index (χ0n) is 15.4. The summed E-state index contributed by atoms with van der Waals surface area (Å²) in [5.41, 5.74) is 3.13. The van der Waals surface area contributed by atoms with Crippen molar-refractivity contribution in [2.45, 2.75) is 26.7 Å². The lowest BCUT2D eigenvalue weighted by Crippen LogP contribution is -2.05. The van der Waals surface area contributed by atoms with Gasteiger partial charge in [0.15, 0.2) is 5.70 Å². The molecule has 0 fully saturated rings. The zero-order valence-corrected chi connectivity index (χ0v) is 21.9. The Kier molecular flexibility index (Phi) is 7.76. The number of hydrogen-bond donors (Lipinski definition) is 0. The number of aliphatic imine (C=N–C) groups is 1. The van der Waals surface area contributed by atoms with Gasteiger partial charge < -0.3 is 9.47 Å². The normalized spacial score (nSPS) is 15.0. The minimum Gasteiger partial charge on any atom is -0.491 e. The highest BCUT2D eigenvalue weighted by atomic mass is 127. The van der Waals surface area contributed by atoms with E-state index in [0.717, 1.165) is 46.0 Å². The van der Waals surface area contributed by atoms with Gasteiger partial charge in [0.25, 0.3) is 0 Å². The summed E-state index contributed by atoms with van der Waals surface area (Å²) in [7, 11) is 0. The van der Waals surface area contributed by atoms with Crippen LogP contribution in [0.2, 0.25) is 0 Å². The number of ether oxygens (including phenoxy) is 2. The van der Waals surface area contributed by atoms with E-state index in [-0.39, 0.29) is 0 Å². The second-order valence-corrected chi connectivity index (χ2v) is 9.80. The van der Waals surface area contributed by atoms with Gasteiger partial charge >= 0.3 is 5.97 Å². The van der Waals surface area contributed by atoms with Gasteiger partial charge in [0.1, 0.15) is 5.75 Å². The Morgan fingerprint density at radius 2 is 1.82 bits per heavy atom. The number of halogens is 3. The molecule has 0 spiro atoms. The molecule has 0 unspecified atom stereocenters. The molecular weight excluding hydrogens is 695 g/mol. The third kappa shape index (κ3) is 5.26. The molecule has 7 heteroatoms. The average Bonchev–Trinajstić information content (AvgIpc) is 3.00. The van der Waals surface area contributed by atoms with E-state index in [4.69, 9.17) is 9.47 Å². The number of unbranched alkanes of at least 4 members (excludes halogenated alkanes) is 1. The Bertz CT molecular complexity index is 960. The Balaban J connectivity index is 1.87. The molecular formula is C21H18I3NO3. The number of aryl methyl sites for hydroxylation is 1. The molecule has 28 heavy (non-hydrogen) atoms. The van der Waals surface area contributed by atoms with Gasteiger partial charge in [0, 0.05) is 9.13 Å². The van der Waals surface area contributed by atoms with Crippen LogP contribution < -0.4 is 4.74 Å². The van der Waals surface area contributed by atoms with Crippen LogP contribution in [0.1, 0.15) is 36.5 Å². The summed E-state index contributed by atoms with van der Waals surface area (Å²) >= 11 is 6.80. The lowest BCUT2D eigenvalue weighted by molar-refractivity contribution is -0.129. The van der Waals surface area contributed by atoms with E-state index in [1.165, 1.54) is 0 Å². The Morgan fingerprint density at radius 3 is 2.46 bits per heavy atom. The van der Waals surface area contributed by atoms with Crippen LogP contribution in [0.3, 0.4) is 0 Å². The Morgan fingerprint density at radius 1 is 1.11 bits per heavy atom. The smallest absolute Gasteiger partial charge is 0.363 e. The van der Waals surface area contributed by atoms with E-state index in [2.05, 4.69) is 79.7 Å². The van der Waals surface area contributed by atoms with Crippen LogP contribution in [0, 0.1) is 17.6 Å². The molecule has 0 N–H and O–H groups in total. The van der Waals surface area contributed by atoms with Crippen molar-refractivity contribution in [3.05, 3.63) is 63.4 Å². The van der Waals surface area contributed by atoms with Crippen molar-refractivity contribution >= 4 is 85.7 Å². The van der Waals surface area contributed by atoms with Crippen LogP contribution in [0.5, 0.6) is 5.75 Å². The molecule has 0 saturated heterocycles. The molecule has 0 aromatic heterocycles. The van der Waals surface area contributed by atoms with Crippen molar-refractivity contribution in [2.75, 3.05) is 6.61 Å². The SMILES string of the molecule is CCCCOc1c(I)cc(/C=C2\N=C(c3ccc(I)c(C)c3)OC2=O)cc1I. The number of nitrogens with zero attached hydrogens (tertiary/aromatic N) is 1. The molecule has 1 aliphatic heterocycles. The van der Waals surface area contributed by atoms with E-state index < -0.39 is 5.97 Å². The summed E-state index contributed by atoms with van der Waals surface area (Å²) in [6.07, 6.45) is 3.88. The molecule has 0 amide bonds. The quantitative estimate of drug-likeness (QED) is 0.152. The highest BCUT2D eigenvalue weighted by molar-refractivity contribution is 14.1. The van der Waals surface area contributed by atoms with E-state index >= 15 is 0 Å². The van der Waals surface area contributed by atoms with Gasteiger partial charge in [-0.05, 0) is 129 Å². The summed E-state index contributed by atoms with van der Waals surface area (Å²) in [6.45, 7) is 4.87. The van der Waals surface area contributed by atoms with Gasteiger partial charge in [-0.3, -0.25) is 0 Å². The highest BCUT2D eigenvalue weighted by Gasteiger charge is 2.24. The number of esters is 1. The number of benzene rings is 2. The van der Waals surface area contributed by atoms with E-state index in [9.17, 15) is 4.79 Å². The third-order valence-electron chi connectivity index (χ3n) is 4.09. The van der Waals surface area contributed by atoms with Gasteiger partial charge in [0.05, 0.1) is 13.7 Å². The predicted molar refractivity (Wildman–Crippen MR) is 137 cm³/mol. The largest absolute Gasteiger partial charge is 0.491 e. The Hall–Kier alpha value is -0.690. The maximum atomic E-state index is 12.3. The molecule has 0 atom stereocenters.